The van der Waals surface area contributed by atoms with Crippen molar-refractivity contribution in [1.82, 2.24) is 9.64 Å². The predicted octanol–water partition coefficient (Wildman–Crippen LogP) is 2.26. The van der Waals surface area contributed by atoms with Crippen LogP contribution in [-0.4, -0.2) is 35.9 Å². The highest BCUT2D eigenvalue weighted by molar-refractivity contribution is 14.1. The smallest absolute Gasteiger partial charge is 0.409 e. The van der Waals surface area contributed by atoms with E-state index in [2.05, 4.69) is 22.6 Å². The summed E-state index contributed by atoms with van der Waals surface area (Å²) in [5, 5.41) is 0. The molecule has 0 aliphatic carbocycles. The average molecular weight is 426 g/mol. The molecule has 0 atom stereocenters. The molecular weight excluding hydrogens is 409 g/mol. The topological polar surface area (TPSA) is 64.7 Å². The van der Waals surface area contributed by atoms with Crippen LogP contribution in [0.2, 0.25) is 0 Å². The number of carbonyl (C=O) groups is 1. The minimum Gasteiger partial charge on any atom is -0.453 e. The number of benzene rings is 1. The van der Waals surface area contributed by atoms with Crippen LogP contribution in [0.1, 0.15) is 16.9 Å². The number of rotatable bonds is 2. The first-order valence-electron chi connectivity index (χ1n) is 7.37. The zero-order chi connectivity index (χ0) is 16.4. The van der Waals surface area contributed by atoms with Crippen molar-refractivity contribution in [3.8, 4) is 0 Å². The molecule has 0 unspecified atom stereocenters. The van der Waals surface area contributed by atoms with E-state index in [9.17, 15) is 9.59 Å². The van der Waals surface area contributed by atoms with Gasteiger partial charge >= 0.3 is 6.09 Å². The van der Waals surface area contributed by atoms with Crippen molar-refractivity contribution in [2.24, 2.45) is 0 Å². The Morgan fingerprint density at radius 1 is 1.26 bits per heavy atom. The van der Waals surface area contributed by atoms with Gasteiger partial charge in [0.25, 0.3) is 5.56 Å². The van der Waals surface area contributed by atoms with Crippen LogP contribution in [0.15, 0.2) is 33.6 Å². The lowest BCUT2D eigenvalue weighted by molar-refractivity contribution is 0.124. The van der Waals surface area contributed by atoms with Crippen LogP contribution in [0.25, 0.3) is 0 Å². The Balaban J connectivity index is 1.79. The van der Waals surface area contributed by atoms with Crippen LogP contribution >= 0.6 is 22.6 Å². The minimum absolute atomic E-state index is 0.106. The predicted molar refractivity (Wildman–Crippen MR) is 92.6 cm³/mol. The van der Waals surface area contributed by atoms with Gasteiger partial charge in [0.05, 0.1) is 19.2 Å². The molecule has 0 radical (unpaired) electrons. The molecule has 0 saturated carbocycles. The molecule has 2 aromatic rings. The van der Waals surface area contributed by atoms with Crippen LogP contribution in [0.5, 0.6) is 0 Å². The SMILES string of the molecule is COC(=O)N1CCc2on(Cc3ccc([125I])cc3)c(=O)c2CC1. The summed E-state index contributed by atoms with van der Waals surface area (Å²) >= 11 is 2.24. The normalized spacial score (nSPS) is 14.3. The molecule has 23 heavy (non-hydrogen) atoms. The zero-order valence-electron chi connectivity index (χ0n) is 12.8. The highest BCUT2D eigenvalue weighted by Crippen LogP contribution is 2.15. The number of carbonyl (C=O) groups excluding carboxylic acids is 1. The highest BCUT2D eigenvalue weighted by Gasteiger charge is 2.24. The third kappa shape index (κ3) is 3.44. The molecule has 1 aliphatic heterocycles. The molecular formula is C16H17IN2O4. The van der Waals surface area contributed by atoms with Crippen LogP contribution < -0.4 is 5.56 Å². The fourth-order valence-electron chi connectivity index (χ4n) is 2.71. The molecule has 2 heterocycles. The van der Waals surface area contributed by atoms with E-state index in [1.807, 2.05) is 24.3 Å². The Hall–Kier alpha value is -1.77. The minimum atomic E-state index is -0.366. The third-order valence-electron chi connectivity index (χ3n) is 3.95. The first-order valence-corrected chi connectivity index (χ1v) is 8.45. The molecule has 0 N–H and O–H groups in total. The summed E-state index contributed by atoms with van der Waals surface area (Å²) in [4.78, 5) is 25.7. The van der Waals surface area contributed by atoms with Gasteiger partial charge < -0.3 is 14.2 Å². The summed E-state index contributed by atoms with van der Waals surface area (Å²) in [6.07, 6.45) is 0.653. The van der Waals surface area contributed by atoms with Gasteiger partial charge in [0.1, 0.15) is 5.76 Å². The van der Waals surface area contributed by atoms with E-state index in [1.165, 1.54) is 11.8 Å². The van der Waals surface area contributed by atoms with E-state index >= 15 is 0 Å². The summed E-state index contributed by atoms with van der Waals surface area (Å²) in [5.74, 6) is 0.673. The van der Waals surface area contributed by atoms with E-state index in [4.69, 9.17) is 9.26 Å². The van der Waals surface area contributed by atoms with Gasteiger partial charge in [0.15, 0.2) is 0 Å². The van der Waals surface area contributed by atoms with Crippen molar-refractivity contribution in [2.45, 2.75) is 19.4 Å². The van der Waals surface area contributed by atoms with Crippen LogP contribution in [0.3, 0.4) is 0 Å². The van der Waals surface area contributed by atoms with Crippen LogP contribution in [0, 0.1) is 3.57 Å². The number of halogens is 1. The number of fused-ring (bicyclic) bond motifs is 1. The van der Waals surface area contributed by atoms with Crippen molar-refractivity contribution in [2.75, 3.05) is 20.2 Å². The van der Waals surface area contributed by atoms with Gasteiger partial charge in [-0.05, 0) is 46.7 Å². The monoisotopic (exact) mass is 426 g/mol. The molecule has 1 aliphatic rings. The Bertz CT molecular complexity index is 763. The number of ether oxygens (including phenoxy) is 1. The van der Waals surface area contributed by atoms with Crippen molar-refractivity contribution in [3.05, 3.63) is 55.1 Å². The highest BCUT2D eigenvalue weighted by atomic mass is 125. The second kappa shape index (κ2) is 6.77. The largest absolute Gasteiger partial charge is 0.453 e. The molecule has 3 rings (SSSR count). The van der Waals surface area contributed by atoms with E-state index in [1.54, 1.807) is 4.90 Å². The van der Waals surface area contributed by atoms with Crippen molar-refractivity contribution < 1.29 is 14.1 Å². The van der Waals surface area contributed by atoms with E-state index in [0.29, 0.717) is 43.8 Å². The number of amides is 1. The van der Waals surface area contributed by atoms with Gasteiger partial charge in [-0.25, -0.2) is 4.79 Å². The Labute approximate surface area is 147 Å². The second-order valence-corrected chi connectivity index (χ2v) is 6.66. The summed E-state index contributed by atoms with van der Waals surface area (Å²) in [5.41, 5.74) is 1.58. The first kappa shape index (κ1) is 16.1. The standard InChI is InChI=1S/C16H17IN2O4/c1-22-16(21)18-8-6-13-14(7-9-18)23-19(15(13)20)10-11-2-4-12(17)5-3-11/h2-5H,6-10H2,1H3/i17-2. The average Bonchev–Trinajstić information content (AvgIpc) is 2.73. The zero-order valence-corrected chi connectivity index (χ0v) is 14.9. The lowest BCUT2D eigenvalue weighted by atomic mass is 10.2. The lowest BCUT2D eigenvalue weighted by Crippen LogP contribution is -2.33. The van der Waals surface area contributed by atoms with Crippen LogP contribution in [-0.2, 0) is 24.1 Å². The van der Waals surface area contributed by atoms with E-state index < -0.39 is 0 Å². The van der Waals surface area contributed by atoms with Crippen molar-refractivity contribution in [3.63, 3.8) is 0 Å². The maximum absolute atomic E-state index is 12.5. The van der Waals surface area contributed by atoms with Gasteiger partial charge in [0.2, 0.25) is 0 Å². The number of hydrogen-bond donors (Lipinski definition) is 0. The Morgan fingerprint density at radius 3 is 2.65 bits per heavy atom. The van der Waals surface area contributed by atoms with Gasteiger partial charge in [-0.3, -0.25) is 4.79 Å². The quantitative estimate of drug-likeness (QED) is 0.692. The molecule has 122 valence electrons. The summed E-state index contributed by atoms with van der Waals surface area (Å²) in [6.45, 7) is 1.39. The van der Waals surface area contributed by atoms with Gasteiger partial charge in [-0.2, -0.15) is 4.74 Å². The molecule has 0 saturated heterocycles. The molecule has 7 heteroatoms. The summed E-state index contributed by atoms with van der Waals surface area (Å²) in [6, 6.07) is 7.98. The number of methoxy groups -OCH3 is 1. The van der Waals surface area contributed by atoms with E-state index in [-0.39, 0.29) is 11.7 Å². The van der Waals surface area contributed by atoms with Crippen molar-refractivity contribution >= 4 is 28.7 Å². The van der Waals surface area contributed by atoms with Gasteiger partial charge in [-0.15, -0.1) is 0 Å². The second-order valence-electron chi connectivity index (χ2n) is 5.42. The number of aromatic nitrogens is 1. The molecule has 1 aromatic heterocycles. The van der Waals surface area contributed by atoms with Gasteiger partial charge in [-0.1, -0.05) is 12.1 Å². The molecule has 0 spiro atoms. The van der Waals surface area contributed by atoms with E-state index in [0.717, 1.165) is 9.13 Å². The summed E-state index contributed by atoms with van der Waals surface area (Å²) in [7, 11) is 1.36. The van der Waals surface area contributed by atoms with Crippen molar-refractivity contribution in [1.29, 1.82) is 0 Å². The lowest BCUT2D eigenvalue weighted by Gasteiger charge is -2.17. The molecule has 1 amide bonds. The summed E-state index contributed by atoms with van der Waals surface area (Å²) < 4.78 is 13.0. The first-order chi connectivity index (χ1) is 11.1. The maximum Gasteiger partial charge on any atom is 0.409 e. The fourth-order valence-corrected chi connectivity index (χ4v) is 3.07. The fraction of sp³-hybridized carbons (Fsp3) is 0.375. The van der Waals surface area contributed by atoms with Crippen LogP contribution in [0.4, 0.5) is 4.79 Å². The third-order valence-corrected chi connectivity index (χ3v) is 4.67. The van der Waals surface area contributed by atoms with Gasteiger partial charge in [0, 0.05) is 23.1 Å². The molecule has 1 aromatic carbocycles. The Kier molecular flexibility index (Phi) is 4.74. The molecule has 6 nitrogen and oxygen atoms in total. The number of nitrogens with zero attached hydrogens (tertiary/aromatic N) is 2. The molecule has 0 fully saturated rings. The number of hydrogen-bond acceptors (Lipinski definition) is 4. The maximum atomic E-state index is 12.5. The Morgan fingerprint density at radius 2 is 1.96 bits per heavy atom. The molecule has 0 bridgehead atoms.